The molecule has 0 saturated carbocycles. The van der Waals surface area contributed by atoms with Gasteiger partial charge in [-0.05, 0) is 56.4 Å². The molecule has 1 atom stereocenters. The number of fused-ring (bicyclic) bond motifs is 1. The molecule has 8 heteroatoms. The summed E-state index contributed by atoms with van der Waals surface area (Å²) in [6.45, 7) is 1.78. The summed E-state index contributed by atoms with van der Waals surface area (Å²) in [5.41, 5.74) is 2.21. The van der Waals surface area contributed by atoms with E-state index in [0.29, 0.717) is 26.9 Å². The molecule has 0 saturated heterocycles. The number of aromatic nitrogens is 2. The van der Waals surface area contributed by atoms with Crippen LogP contribution in [0.4, 0.5) is 0 Å². The molecule has 1 aromatic carbocycles. The highest BCUT2D eigenvalue weighted by atomic mass is 35.5. The number of nitrogens with zero attached hydrogens (tertiary/aromatic N) is 3. The number of carbonyl (C=O) groups excluding carboxylic acids is 1. The van der Waals surface area contributed by atoms with Gasteiger partial charge in [0.05, 0.1) is 5.69 Å². The van der Waals surface area contributed by atoms with Crippen LogP contribution in [0, 0.1) is 6.92 Å². The lowest BCUT2D eigenvalue weighted by Crippen LogP contribution is -2.29. The average molecular weight is 420 g/mol. The molecule has 3 rings (SSSR count). The molecule has 0 N–H and O–H groups in total. The predicted molar refractivity (Wildman–Crippen MR) is 109 cm³/mol. The highest BCUT2D eigenvalue weighted by Gasteiger charge is 2.25. The Kier molecular flexibility index (Phi) is 6.03. The normalized spacial score (nSPS) is 12.4. The lowest BCUT2D eigenvalue weighted by molar-refractivity contribution is -0.150. The van der Waals surface area contributed by atoms with Crippen molar-refractivity contribution in [3.05, 3.63) is 79.8 Å². The third kappa shape index (κ3) is 4.52. The Hall–Kier alpha value is -2.41. The van der Waals surface area contributed by atoms with E-state index in [2.05, 4.69) is 4.98 Å². The van der Waals surface area contributed by atoms with E-state index in [4.69, 9.17) is 27.9 Å². The zero-order valence-electron chi connectivity index (χ0n) is 15.6. The smallest absolute Gasteiger partial charge is 0.328 e. The van der Waals surface area contributed by atoms with Gasteiger partial charge in [0.2, 0.25) is 0 Å². The molecule has 0 aliphatic rings. The topological polar surface area (TPSA) is 63.9 Å². The van der Waals surface area contributed by atoms with Gasteiger partial charge in [-0.15, -0.1) is 0 Å². The Labute approximate surface area is 172 Å². The van der Waals surface area contributed by atoms with Crippen molar-refractivity contribution >= 4 is 34.8 Å². The fourth-order valence-electron chi connectivity index (χ4n) is 2.93. The minimum absolute atomic E-state index is 0.114. The molecule has 146 valence electrons. The van der Waals surface area contributed by atoms with E-state index in [-0.39, 0.29) is 12.2 Å². The van der Waals surface area contributed by atoms with Crippen molar-refractivity contribution in [2.45, 2.75) is 19.6 Å². The minimum Gasteiger partial charge on any atom is -0.458 e. The molecule has 3 aromatic rings. The van der Waals surface area contributed by atoms with E-state index in [0.717, 1.165) is 5.56 Å². The van der Waals surface area contributed by atoms with E-state index in [9.17, 15) is 9.59 Å². The molecule has 1 unspecified atom stereocenters. The first-order valence-electron chi connectivity index (χ1n) is 8.52. The number of esters is 1. The van der Waals surface area contributed by atoms with Crippen molar-refractivity contribution in [2.24, 2.45) is 0 Å². The van der Waals surface area contributed by atoms with E-state index in [1.165, 1.54) is 10.5 Å². The first kappa shape index (κ1) is 20.3. The summed E-state index contributed by atoms with van der Waals surface area (Å²) in [4.78, 5) is 31.1. The van der Waals surface area contributed by atoms with Gasteiger partial charge >= 0.3 is 5.97 Å². The fraction of sp³-hybridized carbons (Fsp3) is 0.250. The zero-order valence-corrected chi connectivity index (χ0v) is 17.2. The van der Waals surface area contributed by atoms with E-state index < -0.39 is 12.0 Å². The quantitative estimate of drug-likeness (QED) is 0.590. The number of aryl methyl sites for hydroxylation is 1. The molecule has 0 bridgehead atoms. The van der Waals surface area contributed by atoms with Crippen LogP contribution in [-0.2, 0) is 16.1 Å². The maximum Gasteiger partial charge on any atom is 0.328 e. The lowest BCUT2D eigenvalue weighted by atomic mass is 10.1. The van der Waals surface area contributed by atoms with E-state index in [1.807, 2.05) is 13.0 Å². The molecule has 0 fully saturated rings. The number of likely N-dealkylation sites (N-methyl/N-ethyl adjacent to an activating group) is 1. The molecule has 0 amide bonds. The maximum atomic E-state index is 12.7. The Bertz CT molecular complexity index is 1080. The number of hydrogen-bond acceptors (Lipinski definition) is 5. The van der Waals surface area contributed by atoms with Crippen molar-refractivity contribution in [1.29, 1.82) is 0 Å². The van der Waals surface area contributed by atoms with E-state index in [1.54, 1.807) is 49.5 Å². The number of hydrogen-bond donors (Lipinski definition) is 0. The van der Waals surface area contributed by atoms with Crippen LogP contribution < -0.4 is 5.56 Å². The van der Waals surface area contributed by atoms with Gasteiger partial charge in [0.15, 0.2) is 0 Å². The molecule has 0 aliphatic carbocycles. The Morgan fingerprint density at radius 3 is 2.50 bits per heavy atom. The van der Waals surface area contributed by atoms with Crippen LogP contribution >= 0.6 is 23.2 Å². The largest absolute Gasteiger partial charge is 0.458 e. The maximum absolute atomic E-state index is 12.7. The van der Waals surface area contributed by atoms with Gasteiger partial charge in [-0.1, -0.05) is 29.3 Å². The fourth-order valence-corrected chi connectivity index (χ4v) is 3.48. The standard InChI is InChI=1S/C20H19Cl2N3O3/c1-12-4-5-17-23-16(9-18(26)25(17)10-12)11-28-20(27)19(24(2)3)13-6-14(21)8-15(22)7-13/h4-10,19H,11H2,1-3H3. The predicted octanol–water partition coefficient (Wildman–Crippen LogP) is 3.66. The van der Waals surface area contributed by atoms with Crippen molar-refractivity contribution in [3.63, 3.8) is 0 Å². The van der Waals surface area contributed by atoms with Gasteiger partial charge in [0.1, 0.15) is 18.3 Å². The van der Waals surface area contributed by atoms with Crippen molar-refractivity contribution in [2.75, 3.05) is 14.1 Å². The second-order valence-electron chi connectivity index (χ2n) is 6.70. The van der Waals surface area contributed by atoms with Crippen molar-refractivity contribution in [3.8, 4) is 0 Å². The van der Waals surface area contributed by atoms with Gasteiger partial charge < -0.3 is 4.74 Å². The summed E-state index contributed by atoms with van der Waals surface area (Å²) in [6, 6.07) is 9.21. The van der Waals surface area contributed by atoms with Crippen LogP contribution in [-0.4, -0.2) is 34.3 Å². The van der Waals surface area contributed by atoms with Gasteiger partial charge in [0, 0.05) is 22.3 Å². The molecule has 6 nitrogen and oxygen atoms in total. The molecule has 2 aromatic heterocycles. The average Bonchev–Trinajstić information content (AvgIpc) is 2.59. The number of rotatable bonds is 5. The molecule has 2 heterocycles. The molecule has 28 heavy (non-hydrogen) atoms. The zero-order chi connectivity index (χ0) is 20.4. The summed E-state index contributed by atoms with van der Waals surface area (Å²) < 4.78 is 6.89. The van der Waals surface area contributed by atoms with Crippen LogP contribution in [0.25, 0.3) is 5.65 Å². The Morgan fingerprint density at radius 1 is 1.18 bits per heavy atom. The molecule has 0 spiro atoms. The number of benzene rings is 1. The highest BCUT2D eigenvalue weighted by Crippen LogP contribution is 2.27. The van der Waals surface area contributed by atoms with Crippen molar-refractivity contribution < 1.29 is 9.53 Å². The Balaban J connectivity index is 1.82. The first-order chi connectivity index (χ1) is 13.2. The van der Waals surface area contributed by atoms with Gasteiger partial charge in [0.25, 0.3) is 5.56 Å². The molecule has 0 radical (unpaired) electrons. The molecular weight excluding hydrogens is 401 g/mol. The minimum atomic E-state index is -0.694. The van der Waals surface area contributed by atoms with Gasteiger partial charge in [-0.3, -0.25) is 14.1 Å². The van der Waals surface area contributed by atoms with Crippen molar-refractivity contribution in [1.82, 2.24) is 14.3 Å². The second kappa shape index (κ2) is 8.31. The summed E-state index contributed by atoms with van der Waals surface area (Å²) in [6.07, 6.45) is 1.71. The summed E-state index contributed by atoms with van der Waals surface area (Å²) in [7, 11) is 3.51. The van der Waals surface area contributed by atoms with E-state index >= 15 is 0 Å². The molecular formula is C20H19Cl2N3O3. The number of halogens is 2. The third-order valence-corrected chi connectivity index (χ3v) is 4.60. The lowest BCUT2D eigenvalue weighted by Gasteiger charge is -2.23. The summed E-state index contributed by atoms with van der Waals surface area (Å²) in [5, 5.41) is 0.864. The second-order valence-corrected chi connectivity index (χ2v) is 7.57. The number of carbonyl (C=O) groups is 1. The SMILES string of the molecule is Cc1ccc2nc(COC(=O)C(c3cc(Cl)cc(Cl)c3)N(C)C)cc(=O)n2c1. The van der Waals surface area contributed by atoms with Crippen LogP contribution in [0.15, 0.2) is 47.4 Å². The molecule has 0 aliphatic heterocycles. The third-order valence-electron chi connectivity index (χ3n) is 4.16. The van der Waals surface area contributed by atoms with Crippen LogP contribution in [0.5, 0.6) is 0 Å². The summed E-state index contributed by atoms with van der Waals surface area (Å²) >= 11 is 12.1. The van der Waals surface area contributed by atoms with Crippen LogP contribution in [0.2, 0.25) is 10.0 Å². The van der Waals surface area contributed by atoms with Gasteiger partial charge in [-0.25, -0.2) is 9.78 Å². The highest BCUT2D eigenvalue weighted by molar-refractivity contribution is 6.34. The van der Waals surface area contributed by atoms with Crippen LogP contribution in [0.1, 0.15) is 22.9 Å². The van der Waals surface area contributed by atoms with Crippen LogP contribution in [0.3, 0.4) is 0 Å². The Morgan fingerprint density at radius 2 is 1.86 bits per heavy atom. The van der Waals surface area contributed by atoms with Gasteiger partial charge in [-0.2, -0.15) is 0 Å². The number of pyridine rings is 1. The monoisotopic (exact) mass is 419 g/mol. The summed E-state index contributed by atoms with van der Waals surface area (Å²) in [5.74, 6) is -0.491. The number of ether oxygens (including phenoxy) is 1. The first-order valence-corrected chi connectivity index (χ1v) is 9.28.